The van der Waals surface area contributed by atoms with Gasteiger partial charge in [-0.25, -0.2) is 14.2 Å². The first kappa shape index (κ1) is 22.0. The maximum absolute atomic E-state index is 13.0. The zero-order valence-corrected chi connectivity index (χ0v) is 18.5. The number of hydrogen-bond acceptors (Lipinski definition) is 5. The Hall–Kier alpha value is -2.71. The van der Waals surface area contributed by atoms with Crippen LogP contribution in [0.25, 0.3) is 0 Å². The van der Waals surface area contributed by atoms with Crippen LogP contribution in [0.1, 0.15) is 11.3 Å². The van der Waals surface area contributed by atoms with E-state index in [0.717, 1.165) is 26.9 Å². The molecule has 3 rings (SSSR count). The average Bonchev–Trinajstić information content (AvgIpc) is 2.75. The summed E-state index contributed by atoms with van der Waals surface area (Å²) >= 11 is 3.06. The third kappa shape index (κ3) is 5.90. The summed E-state index contributed by atoms with van der Waals surface area (Å²) in [6.45, 7) is 2.30. The first-order valence-electron chi connectivity index (χ1n) is 9.15. The maximum atomic E-state index is 13.0. The van der Waals surface area contributed by atoms with Gasteiger partial charge in [-0.15, -0.1) is 23.5 Å². The van der Waals surface area contributed by atoms with Crippen molar-refractivity contribution in [2.24, 2.45) is 0 Å². The lowest BCUT2D eigenvalue weighted by atomic mass is 10.2. The molecule has 0 saturated carbocycles. The second kappa shape index (κ2) is 10.4. The predicted octanol–water partition coefficient (Wildman–Crippen LogP) is 6.09. The molecule has 8 heteroatoms. The van der Waals surface area contributed by atoms with Crippen molar-refractivity contribution in [1.29, 1.82) is 0 Å². The van der Waals surface area contributed by atoms with Crippen LogP contribution in [0, 0.1) is 12.7 Å². The predicted molar refractivity (Wildman–Crippen MR) is 121 cm³/mol. The Morgan fingerprint density at radius 2 is 1.67 bits per heavy atom. The number of carbonyl (C=O) groups is 1. The second-order valence-corrected chi connectivity index (χ2v) is 8.00. The first-order valence-corrected chi connectivity index (χ1v) is 11.6. The number of thioether (sulfide) groups is 2. The van der Waals surface area contributed by atoms with Gasteiger partial charge in [0.1, 0.15) is 22.3 Å². The molecular weight excluding hydrogens is 421 g/mol. The van der Waals surface area contributed by atoms with E-state index in [1.165, 1.54) is 23.9 Å². The number of halogens is 1. The zero-order chi connectivity index (χ0) is 21.5. The fraction of sp³-hybridized carbons (Fsp3) is 0.182. The van der Waals surface area contributed by atoms with Crippen molar-refractivity contribution in [2.75, 3.05) is 17.8 Å². The van der Waals surface area contributed by atoms with Gasteiger partial charge in [0.25, 0.3) is 0 Å². The highest BCUT2D eigenvalue weighted by molar-refractivity contribution is 7.99. The number of nitrogens with zero attached hydrogens (tertiary/aromatic N) is 1. The Kier molecular flexibility index (Phi) is 7.59. The Balaban J connectivity index is 1.58. The molecule has 0 bridgehead atoms. The van der Waals surface area contributed by atoms with E-state index < -0.39 is 0 Å². The summed E-state index contributed by atoms with van der Waals surface area (Å²) in [5.41, 5.74) is 2.56. The van der Waals surface area contributed by atoms with Gasteiger partial charge in [-0.1, -0.05) is 12.1 Å². The number of nitrogens with one attached hydrogen (secondary N) is 2. The van der Waals surface area contributed by atoms with Crippen LogP contribution in [0.5, 0.6) is 11.5 Å². The lowest BCUT2D eigenvalue weighted by molar-refractivity contribution is 0.251. The third-order valence-electron chi connectivity index (χ3n) is 4.16. The highest BCUT2D eigenvalue weighted by atomic mass is 32.2. The van der Waals surface area contributed by atoms with E-state index in [0.29, 0.717) is 18.0 Å². The molecule has 3 aromatic rings. The Labute approximate surface area is 183 Å². The highest BCUT2D eigenvalue weighted by Gasteiger charge is 2.13. The first-order chi connectivity index (χ1) is 14.5. The molecule has 2 amide bonds. The van der Waals surface area contributed by atoms with Gasteiger partial charge in [0.2, 0.25) is 0 Å². The summed E-state index contributed by atoms with van der Waals surface area (Å²) in [5.74, 6) is 0.884. The minimum absolute atomic E-state index is 0.294. The number of benzene rings is 2. The number of anilines is 1. The molecule has 0 aliphatic heterocycles. The number of carbonyl (C=O) groups excluding carboxylic acids is 1. The van der Waals surface area contributed by atoms with E-state index in [9.17, 15) is 9.18 Å². The van der Waals surface area contributed by atoms with E-state index in [1.807, 2.05) is 37.6 Å². The van der Waals surface area contributed by atoms with E-state index >= 15 is 0 Å². The number of ether oxygens (including phenoxy) is 1. The Bertz CT molecular complexity index is 987. The van der Waals surface area contributed by atoms with Gasteiger partial charge in [0, 0.05) is 17.1 Å². The van der Waals surface area contributed by atoms with Crippen molar-refractivity contribution in [1.82, 2.24) is 10.3 Å². The van der Waals surface area contributed by atoms with Gasteiger partial charge in [-0.2, -0.15) is 0 Å². The van der Waals surface area contributed by atoms with Crippen molar-refractivity contribution < 1.29 is 13.9 Å². The van der Waals surface area contributed by atoms with E-state index in [4.69, 9.17) is 4.74 Å². The molecule has 1 heterocycles. The van der Waals surface area contributed by atoms with Crippen molar-refractivity contribution in [2.45, 2.75) is 23.4 Å². The molecule has 1 aromatic heterocycles. The number of rotatable bonds is 7. The minimum atomic E-state index is -0.308. The number of urea groups is 1. The number of pyridine rings is 1. The van der Waals surface area contributed by atoms with E-state index in [1.54, 1.807) is 36.0 Å². The summed E-state index contributed by atoms with van der Waals surface area (Å²) in [6.07, 6.45) is 3.90. The smallest absolute Gasteiger partial charge is 0.319 e. The quantitative estimate of drug-likeness (QED) is 0.433. The fourth-order valence-corrected chi connectivity index (χ4v) is 4.00. The molecular formula is C22H22FN3O2S2. The summed E-state index contributed by atoms with van der Waals surface area (Å²) < 4.78 is 18.6. The molecule has 0 fully saturated rings. The molecule has 30 heavy (non-hydrogen) atoms. The summed E-state index contributed by atoms with van der Waals surface area (Å²) in [7, 11) is 0. The standard InChI is InChI=1S/C22H22FN3O2S2/c1-14-12-19(29-2)20(21(25-14)30-3)26-22(27)24-13-15-4-8-17(9-5-15)28-18-10-6-16(23)7-11-18/h4-12H,13H2,1-3H3,(H2,24,26,27). The van der Waals surface area contributed by atoms with Crippen molar-refractivity contribution >= 4 is 35.2 Å². The van der Waals surface area contributed by atoms with Gasteiger partial charge < -0.3 is 15.4 Å². The highest BCUT2D eigenvalue weighted by Crippen LogP contribution is 2.33. The van der Waals surface area contributed by atoms with Crippen LogP contribution < -0.4 is 15.4 Å². The molecule has 2 N–H and O–H groups in total. The van der Waals surface area contributed by atoms with Crippen LogP contribution in [-0.4, -0.2) is 23.5 Å². The summed E-state index contributed by atoms with van der Waals surface area (Å²) in [5, 5.41) is 6.57. The van der Waals surface area contributed by atoms with Gasteiger partial charge in [0.15, 0.2) is 0 Å². The molecule has 0 aliphatic rings. The summed E-state index contributed by atoms with van der Waals surface area (Å²) in [6, 6.07) is 14.8. The van der Waals surface area contributed by atoms with Crippen molar-refractivity contribution in [3.05, 3.63) is 71.7 Å². The average molecular weight is 444 g/mol. The van der Waals surface area contributed by atoms with E-state index in [2.05, 4.69) is 15.6 Å². The topological polar surface area (TPSA) is 63.2 Å². The SMILES string of the molecule is CSc1cc(C)nc(SC)c1NC(=O)NCc1ccc(Oc2ccc(F)cc2)cc1. The molecule has 0 unspecified atom stereocenters. The zero-order valence-electron chi connectivity index (χ0n) is 16.9. The second-order valence-electron chi connectivity index (χ2n) is 6.36. The Morgan fingerprint density at radius 1 is 1.03 bits per heavy atom. The lowest BCUT2D eigenvalue weighted by Crippen LogP contribution is -2.28. The van der Waals surface area contributed by atoms with Crippen molar-refractivity contribution in [3.63, 3.8) is 0 Å². The van der Waals surface area contributed by atoms with E-state index in [-0.39, 0.29) is 11.8 Å². The van der Waals surface area contributed by atoms with Gasteiger partial charge in [-0.3, -0.25) is 0 Å². The molecule has 156 valence electrons. The third-order valence-corrected chi connectivity index (χ3v) is 5.60. The number of aromatic nitrogens is 1. The van der Waals surface area contributed by atoms with Gasteiger partial charge in [-0.05, 0) is 67.5 Å². The van der Waals surface area contributed by atoms with Crippen molar-refractivity contribution in [3.8, 4) is 11.5 Å². The summed E-state index contributed by atoms with van der Waals surface area (Å²) in [4.78, 5) is 17.9. The monoisotopic (exact) mass is 443 g/mol. The minimum Gasteiger partial charge on any atom is -0.457 e. The van der Waals surface area contributed by atoms with Crippen LogP contribution in [0.4, 0.5) is 14.9 Å². The number of hydrogen-bond donors (Lipinski definition) is 2. The lowest BCUT2D eigenvalue weighted by Gasteiger charge is -2.14. The van der Waals surface area contributed by atoms with Crippen LogP contribution in [0.15, 0.2) is 64.5 Å². The van der Waals surface area contributed by atoms with Crippen LogP contribution in [0.2, 0.25) is 0 Å². The maximum Gasteiger partial charge on any atom is 0.319 e. The van der Waals surface area contributed by atoms with Gasteiger partial charge in [0.05, 0.1) is 5.69 Å². The number of aryl methyl sites for hydroxylation is 1. The van der Waals surface area contributed by atoms with Crippen LogP contribution in [-0.2, 0) is 6.54 Å². The molecule has 0 aliphatic carbocycles. The molecule has 0 saturated heterocycles. The largest absolute Gasteiger partial charge is 0.457 e. The molecule has 0 spiro atoms. The van der Waals surface area contributed by atoms with Crippen LogP contribution in [0.3, 0.4) is 0 Å². The molecule has 0 radical (unpaired) electrons. The normalized spacial score (nSPS) is 10.5. The molecule has 2 aromatic carbocycles. The van der Waals surface area contributed by atoms with Gasteiger partial charge >= 0.3 is 6.03 Å². The van der Waals surface area contributed by atoms with Crippen LogP contribution >= 0.6 is 23.5 Å². The Morgan fingerprint density at radius 3 is 2.27 bits per heavy atom. The number of amides is 2. The fourth-order valence-electron chi connectivity index (χ4n) is 2.69. The molecule has 5 nitrogen and oxygen atoms in total. The molecule has 0 atom stereocenters.